The minimum Gasteiger partial charge on any atom is -0.384 e. The first-order valence-electron chi connectivity index (χ1n) is 5.74. The van der Waals surface area contributed by atoms with Crippen LogP contribution in [0, 0.1) is 22.7 Å². The molecule has 1 aromatic heterocycles. The lowest BCUT2D eigenvalue weighted by Crippen LogP contribution is -2.16. The zero-order chi connectivity index (χ0) is 15.6. The van der Waals surface area contributed by atoms with Crippen LogP contribution in [-0.2, 0) is 0 Å². The summed E-state index contributed by atoms with van der Waals surface area (Å²) in [5, 5.41) is 18.2. The minimum atomic E-state index is -2.71. The van der Waals surface area contributed by atoms with Crippen molar-refractivity contribution in [3.05, 3.63) is 51.3 Å². The lowest BCUT2D eigenvalue weighted by molar-refractivity contribution is 0.151. The highest BCUT2D eigenvalue weighted by atomic mass is 19.3. The van der Waals surface area contributed by atoms with Gasteiger partial charge in [-0.25, -0.2) is 8.78 Å². The first kappa shape index (κ1) is 14.2. The van der Waals surface area contributed by atoms with Gasteiger partial charge in [0, 0.05) is 11.1 Å². The molecule has 0 unspecified atom stereocenters. The summed E-state index contributed by atoms with van der Waals surface area (Å²) in [6, 6.07) is 8.58. The van der Waals surface area contributed by atoms with E-state index in [1.807, 2.05) is 0 Å². The molecule has 0 spiro atoms. The van der Waals surface area contributed by atoms with Crippen molar-refractivity contribution < 1.29 is 8.78 Å². The van der Waals surface area contributed by atoms with E-state index in [2.05, 4.69) is 4.98 Å². The number of alkyl halides is 2. The maximum absolute atomic E-state index is 12.8. The van der Waals surface area contributed by atoms with Gasteiger partial charge in [-0.1, -0.05) is 18.2 Å². The molecule has 1 heterocycles. The van der Waals surface area contributed by atoms with Gasteiger partial charge in [0.15, 0.2) is 0 Å². The molecule has 0 aliphatic rings. The van der Waals surface area contributed by atoms with Gasteiger partial charge in [0.1, 0.15) is 29.1 Å². The number of aromatic amines is 1. The van der Waals surface area contributed by atoms with Crippen LogP contribution >= 0.6 is 0 Å². The molecule has 0 bridgehead atoms. The van der Waals surface area contributed by atoms with Crippen LogP contribution in [0.3, 0.4) is 0 Å². The molecule has 0 fully saturated rings. The van der Waals surface area contributed by atoms with E-state index in [4.69, 9.17) is 16.3 Å². The highest BCUT2D eigenvalue weighted by Gasteiger charge is 2.19. The first-order valence-corrected chi connectivity index (χ1v) is 5.74. The molecule has 3 N–H and O–H groups in total. The van der Waals surface area contributed by atoms with Crippen LogP contribution in [0.15, 0.2) is 29.1 Å². The Hall–Kier alpha value is -3.19. The lowest BCUT2D eigenvalue weighted by Gasteiger charge is -2.10. The number of H-pyrrole nitrogens is 1. The van der Waals surface area contributed by atoms with Crippen molar-refractivity contribution in [2.24, 2.45) is 0 Å². The summed E-state index contributed by atoms with van der Waals surface area (Å²) in [6.45, 7) is 0. The summed E-state index contributed by atoms with van der Waals surface area (Å²) in [5.74, 6) is -0.209. The van der Waals surface area contributed by atoms with Crippen LogP contribution in [0.1, 0.15) is 23.1 Å². The number of aromatic nitrogens is 1. The number of hydrogen-bond donors (Lipinski definition) is 2. The average molecular weight is 286 g/mol. The second-order valence-corrected chi connectivity index (χ2v) is 4.14. The fourth-order valence-corrected chi connectivity index (χ4v) is 1.96. The standard InChI is InChI=1S/C14H8F2N4O/c15-12(16)8-3-1-2-7(4-8)11-9(5-17)13(19)20-14(21)10(11)6-18/h1-4,12H,(H3,19,20,21). The van der Waals surface area contributed by atoms with Gasteiger partial charge in [0.2, 0.25) is 0 Å². The van der Waals surface area contributed by atoms with Crippen LogP contribution in [-0.4, -0.2) is 4.98 Å². The summed E-state index contributed by atoms with van der Waals surface area (Å²) >= 11 is 0. The number of benzene rings is 1. The number of anilines is 1. The van der Waals surface area contributed by atoms with Crippen LogP contribution in [0.5, 0.6) is 0 Å². The number of nitrogens with two attached hydrogens (primary N) is 1. The summed E-state index contributed by atoms with van der Waals surface area (Å²) in [6.07, 6.45) is -2.71. The Morgan fingerprint density at radius 2 is 1.86 bits per heavy atom. The fraction of sp³-hybridized carbons (Fsp3) is 0.0714. The van der Waals surface area contributed by atoms with Gasteiger partial charge < -0.3 is 10.7 Å². The number of pyridine rings is 1. The van der Waals surface area contributed by atoms with E-state index < -0.39 is 12.0 Å². The molecular formula is C14H8F2N4O. The molecule has 0 amide bonds. The van der Waals surface area contributed by atoms with Crippen LogP contribution in [0.4, 0.5) is 14.6 Å². The molecule has 0 saturated carbocycles. The molecule has 0 aliphatic carbocycles. The third-order valence-corrected chi connectivity index (χ3v) is 2.90. The van der Waals surface area contributed by atoms with E-state index in [1.165, 1.54) is 18.2 Å². The Bertz CT molecular complexity index is 844. The minimum absolute atomic E-state index is 0.0382. The summed E-state index contributed by atoms with van der Waals surface area (Å²) in [7, 11) is 0. The topological polar surface area (TPSA) is 106 Å². The number of nitrogens with one attached hydrogen (secondary N) is 1. The Morgan fingerprint density at radius 3 is 2.43 bits per heavy atom. The predicted octanol–water partition coefficient (Wildman–Crippen LogP) is 2.31. The molecule has 5 nitrogen and oxygen atoms in total. The highest BCUT2D eigenvalue weighted by molar-refractivity contribution is 5.80. The molecule has 7 heteroatoms. The molecule has 1 aromatic carbocycles. The lowest BCUT2D eigenvalue weighted by atomic mass is 9.95. The molecule has 0 atom stereocenters. The maximum atomic E-state index is 12.8. The fourth-order valence-electron chi connectivity index (χ4n) is 1.96. The Labute approximate surface area is 117 Å². The van der Waals surface area contributed by atoms with Gasteiger partial charge in [-0.3, -0.25) is 4.79 Å². The number of halogens is 2. The monoisotopic (exact) mass is 286 g/mol. The van der Waals surface area contributed by atoms with Crippen molar-refractivity contribution in [2.45, 2.75) is 6.43 Å². The first-order chi connectivity index (χ1) is 9.99. The van der Waals surface area contributed by atoms with E-state index in [-0.39, 0.29) is 33.6 Å². The number of nitrogens with zero attached hydrogens (tertiary/aromatic N) is 2. The second kappa shape index (κ2) is 5.43. The van der Waals surface area contributed by atoms with Crippen molar-refractivity contribution >= 4 is 5.82 Å². The van der Waals surface area contributed by atoms with E-state index in [0.29, 0.717) is 0 Å². The molecule has 0 saturated heterocycles. The van der Waals surface area contributed by atoms with E-state index >= 15 is 0 Å². The molecule has 104 valence electrons. The van der Waals surface area contributed by atoms with E-state index in [0.717, 1.165) is 6.07 Å². The summed E-state index contributed by atoms with van der Waals surface area (Å²) < 4.78 is 25.5. The molecule has 2 rings (SSSR count). The Morgan fingerprint density at radius 1 is 1.19 bits per heavy atom. The highest BCUT2D eigenvalue weighted by Crippen LogP contribution is 2.30. The third kappa shape index (κ3) is 2.45. The van der Waals surface area contributed by atoms with Crippen molar-refractivity contribution in [1.82, 2.24) is 4.98 Å². The van der Waals surface area contributed by atoms with Gasteiger partial charge in [-0.15, -0.1) is 0 Å². The third-order valence-electron chi connectivity index (χ3n) is 2.90. The van der Waals surface area contributed by atoms with Gasteiger partial charge in [0.25, 0.3) is 12.0 Å². The zero-order valence-corrected chi connectivity index (χ0v) is 10.5. The SMILES string of the molecule is N#Cc1c(N)[nH]c(=O)c(C#N)c1-c1cccc(C(F)F)c1. The zero-order valence-electron chi connectivity index (χ0n) is 10.5. The number of nitriles is 2. The molecule has 0 aliphatic heterocycles. The van der Waals surface area contributed by atoms with Gasteiger partial charge in [0.05, 0.1) is 0 Å². The van der Waals surface area contributed by atoms with Crippen LogP contribution < -0.4 is 11.3 Å². The van der Waals surface area contributed by atoms with Crippen LogP contribution in [0.2, 0.25) is 0 Å². The van der Waals surface area contributed by atoms with Gasteiger partial charge >= 0.3 is 0 Å². The molecule has 2 aromatic rings. The normalized spacial score (nSPS) is 10.1. The predicted molar refractivity (Wildman–Crippen MR) is 71.3 cm³/mol. The molecule has 21 heavy (non-hydrogen) atoms. The maximum Gasteiger partial charge on any atom is 0.268 e. The molecular weight excluding hydrogens is 278 g/mol. The average Bonchev–Trinajstić information content (AvgIpc) is 2.46. The second-order valence-electron chi connectivity index (χ2n) is 4.14. The quantitative estimate of drug-likeness (QED) is 0.883. The summed E-state index contributed by atoms with van der Waals surface area (Å²) in [4.78, 5) is 13.9. The molecule has 0 radical (unpaired) electrons. The van der Waals surface area contributed by atoms with E-state index in [9.17, 15) is 13.6 Å². The van der Waals surface area contributed by atoms with Crippen LogP contribution in [0.25, 0.3) is 11.1 Å². The Kier molecular flexibility index (Phi) is 3.68. The smallest absolute Gasteiger partial charge is 0.268 e. The van der Waals surface area contributed by atoms with Crippen molar-refractivity contribution in [1.29, 1.82) is 10.5 Å². The van der Waals surface area contributed by atoms with Crippen molar-refractivity contribution in [3.8, 4) is 23.3 Å². The Balaban J connectivity index is 2.86. The van der Waals surface area contributed by atoms with Gasteiger partial charge in [-0.2, -0.15) is 10.5 Å². The van der Waals surface area contributed by atoms with Crippen molar-refractivity contribution in [3.63, 3.8) is 0 Å². The van der Waals surface area contributed by atoms with Crippen molar-refractivity contribution in [2.75, 3.05) is 5.73 Å². The van der Waals surface area contributed by atoms with Gasteiger partial charge in [-0.05, 0) is 11.6 Å². The summed E-state index contributed by atoms with van der Waals surface area (Å²) in [5.41, 5.74) is 4.16. The number of rotatable bonds is 2. The largest absolute Gasteiger partial charge is 0.384 e. The number of hydrogen-bond acceptors (Lipinski definition) is 4. The van der Waals surface area contributed by atoms with E-state index in [1.54, 1.807) is 12.1 Å². The number of nitrogen functional groups attached to an aromatic ring is 1.